The summed E-state index contributed by atoms with van der Waals surface area (Å²) < 4.78 is 5.89. The molecule has 92 valence electrons. The Morgan fingerprint density at radius 3 is 2.63 bits per heavy atom. The van der Waals surface area contributed by atoms with E-state index < -0.39 is 0 Å². The standard InChI is InChI=1S/C16H9ClO2/c17-9-4-5-10-11-6-7-13(18)12-2-1-3-14(16(11)12)19-15(10)8-9/h1-8,18H. The molecule has 1 N–H and O–H groups in total. The lowest BCUT2D eigenvalue weighted by Gasteiger charge is -2.21. The molecule has 0 amide bonds. The zero-order valence-corrected chi connectivity index (χ0v) is 10.6. The van der Waals surface area contributed by atoms with Crippen LogP contribution in [0.25, 0.3) is 21.9 Å². The minimum absolute atomic E-state index is 0.265. The first-order valence-corrected chi connectivity index (χ1v) is 6.34. The van der Waals surface area contributed by atoms with Gasteiger partial charge in [-0.25, -0.2) is 0 Å². The maximum Gasteiger partial charge on any atom is 0.136 e. The average molecular weight is 269 g/mol. The van der Waals surface area contributed by atoms with E-state index in [1.54, 1.807) is 6.07 Å². The second-order valence-electron chi connectivity index (χ2n) is 4.55. The van der Waals surface area contributed by atoms with Crippen LogP contribution in [-0.2, 0) is 0 Å². The van der Waals surface area contributed by atoms with E-state index in [1.807, 2.05) is 42.5 Å². The summed E-state index contributed by atoms with van der Waals surface area (Å²) >= 11 is 6.01. The van der Waals surface area contributed by atoms with E-state index in [0.29, 0.717) is 5.02 Å². The fourth-order valence-electron chi connectivity index (χ4n) is 2.59. The zero-order valence-electron chi connectivity index (χ0n) is 9.85. The molecule has 0 saturated carbocycles. The summed E-state index contributed by atoms with van der Waals surface area (Å²) in [4.78, 5) is 0. The average Bonchev–Trinajstić information content (AvgIpc) is 2.41. The van der Waals surface area contributed by atoms with E-state index in [2.05, 4.69) is 0 Å². The van der Waals surface area contributed by atoms with Gasteiger partial charge in [-0.2, -0.15) is 0 Å². The highest BCUT2D eigenvalue weighted by atomic mass is 35.5. The normalized spacial score (nSPS) is 12.1. The Labute approximate surface area is 114 Å². The summed E-state index contributed by atoms with van der Waals surface area (Å²) in [7, 11) is 0. The molecule has 0 spiro atoms. The molecule has 1 heterocycles. The van der Waals surface area contributed by atoms with Crippen molar-refractivity contribution in [1.29, 1.82) is 0 Å². The number of rotatable bonds is 0. The van der Waals surface area contributed by atoms with Gasteiger partial charge < -0.3 is 9.84 Å². The van der Waals surface area contributed by atoms with Gasteiger partial charge in [0.1, 0.15) is 17.2 Å². The van der Waals surface area contributed by atoms with E-state index in [9.17, 15) is 5.11 Å². The van der Waals surface area contributed by atoms with Crippen LogP contribution in [0.5, 0.6) is 17.2 Å². The molecule has 3 heteroatoms. The summed E-state index contributed by atoms with van der Waals surface area (Å²) in [5.74, 6) is 1.76. The maximum absolute atomic E-state index is 9.96. The van der Waals surface area contributed by atoms with Crippen LogP contribution in [0.15, 0.2) is 48.5 Å². The predicted molar refractivity (Wildman–Crippen MR) is 76.1 cm³/mol. The fourth-order valence-corrected chi connectivity index (χ4v) is 2.75. The quantitative estimate of drug-likeness (QED) is 0.488. The summed E-state index contributed by atoms with van der Waals surface area (Å²) in [6.07, 6.45) is 0. The topological polar surface area (TPSA) is 29.5 Å². The number of aromatic hydroxyl groups is 1. The molecule has 0 radical (unpaired) electrons. The van der Waals surface area contributed by atoms with Crippen molar-refractivity contribution < 1.29 is 9.84 Å². The summed E-state index contributed by atoms with van der Waals surface area (Å²) in [6.45, 7) is 0. The first-order chi connectivity index (χ1) is 9.24. The predicted octanol–water partition coefficient (Wildman–Crippen LogP) is 4.97. The number of halogens is 1. The van der Waals surface area contributed by atoms with E-state index in [0.717, 1.165) is 33.4 Å². The van der Waals surface area contributed by atoms with Crippen LogP contribution in [0.4, 0.5) is 0 Å². The highest BCUT2D eigenvalue weighted by Gasteiger charge is 2.20. The number of fused-ring (bicyclic) bond motifs is 2. The summed E-state index contributed by atoms with van der Waals surface area (Å²) in [5.41, 5.74) is 2.05. The number of hydrogen-bond donors (Lipinski definition) is 1. The van der Waals surface area contributed by atoms with E-state index >= 15 is 0 Å². The highest BCUT2D eigenvalue weighted by molar-refractivity contribution is 6.31. The number of hydrogen-bond acceptors (Lipinski definition) is 2. The number of phenolic OH excluding ortho intramolecular Hbond substituents is 1. The van der Waals surface area contributed by atoms with Gasteiger partial charge in [-0.1, -0.05) is 23.7 Å². The largest absolute Gasteiger partial charge is 0.507 e. The third-order valence-corrected chi connectivity index (χ3v) is 3.67. The van der Waals surface area contributed by atoms with Crippen LogP contribution in [0.2, 0.25) is 5.02 Å². The van der Waals surface area contributed by atoms with Gasteiger partial charge in [-0.05, 0) is 35.9 Å². The Morgan fingerprint density at radius 2 is 1.74 bits per heavy atom. The van der Waals surface area contributed by atoms with Gasteiger partial charge in [0, 0.05) is 27.4 Å². The minimum Gasteiger partial charge on any atom is -0.507 e. The number of benzene rings is 3. The Balaban J connectivity index is 2.17. The third-order valence-electron chi connectivity index (χ3n) is 3.43. The van der Waals surface area contributed by atoms with Crippen LogP contribution in [0.1, 0.15) is 0 Å². The van der Waals surface area contributed by atoms with Crippen LogP contribution < -0.4 is 4.74 Å². The first-order valence-electron chi connectivity index (χ1n) is 5.96. The van der Waals surface area contributed by atoms with Gasteiger partial charge in [0.05, 0.1) is 0 Å². The molecule has 4 rings (SSSR count). The minimum atomic E-state index is 0.265. The highest BCUT2D eigenvalue weighted by Crippen LogP contribution is 2.48. The van der Waals surface area contributed by atoms with E-state index in [-0.39, 0.29) is 5.75 Å². The lowest BCUT2D eigenvalue weighted by Crippen LogP contribution is -1.96. The fraction of sp³-hybridized carbons (Fsp3) is 0. The molecular formula is C16H9ClO2. The van der Waals surface area contributed by atoms with Crippen LogP contribution in [0.3, 0.4) is 0 Å². The van der Waals surface area contributed by atoms with Crippen molar-refractivity contribution in [3.63, 3.8) is 0 Å². The van der Waals surface area contributed by atoms with Crippen LogP contribution in [-0.4, -0.2) is 5.11 Å². The molecule has 0 saturated heterocycles. The van der Waals surface area contributed by atoms with Crippen molar-refractivity contribution in [1.82, 2.24) is 0 Å². The lowest BCUT2D eigenvalue weighted by atomic mass is 9.94. The van der Waals surface area contributed by atoms with Crippen LogP contribution in [0, 0.1) is 0 Å². The second kappa shape index (κ2) is 3.65. The van der Waals surface area contributed by atoms with Crippen molar-refractivity contribution in [2.24, 2.45) is 0 Å². The van der Waals surface area contributed by atoms with Gasteiger partial charge in [0.2, 0.25) is 0 Å². The van der Waals surface area contributed by atoms with Gasteiger partial charge in [0.15, 0.2) is 0 Å². The Bertz CT molecular complexity index is 824. The summed E-state index contributed by atoms with van der Waals surface area (Å²) in [5, 5.41) is 12.3. The molecule has 1 aliphatic heterocycles. The first kappa shape index (κ1) is 10.7. The van der Waals surface area contributed by atoms with E-state index in [4.69, 9.17) is 16.3 Å². The molecule has 0 aromatic heterocycles. The smallest absolute Gasteiger partial charge is 0.136 e. The van der Waals surface area contributed by atoms with Crippen molar-refractivity contribution >= 4 is 22.4 Å². The lowest BCUT2D eigenvalue weighted by molar-refractivity contribution is 0.477. The maximum atomic E-state index is 9.96. The van der Waals surface area contributed by atoms with Crippen molar-refractivity contribution in [2.45, 2.75) is 0 Å². The Kier molecular flexibility index (Phi) is 2.06. The number of ether oxygens (including phenoxy) is 1. The van der Waals surface area contributed by atoms with Gasteiger partial charge in [-0.3, -0.25) is 0 Å². The molecule has 0 fully saturated rings. The number of phenols is 1. The van der Waals surface area contributed by atoms with Gasteiger partial charge in [0.25, 0.3) is 0 Å². The van der Waals surface area contributed by atoms with Crippen LogP contribution >= 0.6 is 11.6 Å². The molecule has 1 aliphatic rings. The third kappa shape index (κ3) is 1.44. The molecule has 3 aromatic carbocycles. The van der Waals surface area contributed by atoms with Crippen molar-refractivity contribution in [2.75, 3.05) is 0 Å². The zero-order chi connectivity index (χ0) is 13.0. The van der Waals surface area contributed by atoms with Crippen molar-refractivity contribution in [3.8, 4) is 28.4 Å². The Morgan fingerprint density at radius 1 is 0.895 bits per heavy atom. The van der Waals surface area contributed by atoms with E-state index in [1.165, 1.54) is 0 Å². The molecule has 19 heavy (non-hydrogen) atoms. The SMILES string of the molecule is Oc1ccc2c3c(cccc13)Oc1cc(Cl)ccc1-2. The molecule has 3 aromatic rings. The molecule has 0 unspecified atom stereocenters. The molecule has 0 atom stereocenters. The molecular weight excluding hydrogens is 260 g/mol. The monoisotopic (exact) mass is 268 g/mol. The molecule has 2 nitrogen and oxygen atoms in total. The molecule has 0 bridgehead atoms. The second-order valence-corrected chi connectivity index (χ2v) is 4.99. The van der Waals surface area contributed by atoms with Gasteiger partial charge in [-0.15, -0.1) is 0 Å². The molecule has 0 aliphatic carbocycles. The Hall–Kier alpha value is -2.19. The van der Waals surface area contributed by atoms with Gasteiger partial charge >= 0.3 is 0 Å². The summed E-state index contributed by atoms with van der Waals surface area (Å²) in [6, 6.07) is 14.9. The van der Waals surface area contributed by atoms with Crippen molar-refractivity contribution in [3.05, 3.63) is 53.6 Å².